The van der Waals surface area contributed by atoms with Crippen LogP contribution in [0.4, 0.5) is 15.9 Å². The van der Waals surface area contributed by atoms with E-state index in [2.05, 4.69) is 31.2 Å². The Morgan fingerprint density at radius 3 is 2.48 bits per heavy atom. The lowest BCUT2D eigenvalue weighted by atomic mass is 9.95. The average Bonchev–Trinajstić information content (AvgIpc) is 2.36. The van der Waals surface area contributed by atoms with E-state index in [0.29, 0.717) is 27.0 Å². The number of benzene rings is 1. The van der Waals surface area contributed by atoms with Crippen molar-refractivity contribution in [2.45, 2.75) is 33.1 Å². The summed E-state index contributed by atoms with van der Waals surface area (Å²) in [6.45, 7) is 7.90. The second-order valence-electron chi connectivity index (χ2n) is 5.81. The lowest BCUT2D eigenvalue weighted by Gasteiger charge is -2.19. The summed E-state index contributed by atoms with van der Waals surface area (Å²) in [4.78, 5) is 8.87. The van der Waals surface area contributed by atoms with Crippen LogP contribution in [0.2, 0.25) is 5.15 Å². The number of nitrogens with zero attached hydrogens (tertiary/aromatic N) is 2. The molecule has 0 unspecified atom stereocenters. The fourth-order valence-corrected chi connectivity index (χ4v) is 2.28. The molecule has 2 aromatic rings. The van der Waals surface area contributed by atoms with Crippen molar-refractivity contribution < 1.29 is 4.39 Å². The zero-order valence-electron chi connectivity index (χ0n) is 12.3. The maximum atomic E-state index is 13.1. The quantitative estimate of drug-likeness (QED) is 0.719. The Bertz CT molecular complexity index is 683. The molecule has 6 heteroatoms. The topological polar surface area (TPSA) is 37.8 Å². The molecule has 1 aromatic heterocycles. The van der Waals surface area contributed by atoms with E-state index in [1.54, 1.807) is 6.07 Å². The van der Waals surface area contributed by atoms with Gasteiger partial charge in [-0.1, -0.05) is 32.4 Å². The van der Waals surface area contributed by atoms with Crippen LogP contribution in [0.25, 0.3) is 0 Å². The highest BCUT2D eigenvalue weighted by atomic mass is 79.9. The lowest BCUT2D eigenvalue weighted by Crippen LogP contribution is -2.17. The van der Waals surface area contributed by atoms with Crippen LogP contribution in [0.15, 0.2) is 22.7 Å². The first-order valence-corrected chi connectivity index (χ1v) is 7.62. The molecule has 1 N–H and O–H groups in total. The van der Waals surface area contributed by atoms with E-state index in [1.807, 2.05) is 27.7 Å². The van der Waals surface area contributed by atoms with E-state index < -0.39 is 0 Å². The summed E-state index contributed by atoms with van der Waals surface area (Å²) < 4.78 is 13.8. The van der Waals surface area contributed by atoms with Gasteiger partial charge in [-0.25, -0.2) is 14.4 Å². The van der Waals surface area contributed by atoms with Gasteiger partial charge in [0.25, 0.3) is 0 Å². The van der Waals surface area contributed by atoms with Crippen molar-refractivity contribution in [3.63, 3.8) is 0 Å². The number of anilines is 2. The van der Waals surface area contributed by atoms with Gasteiger partial charge in [-0.3, -0.25) is 0 Å². The van der Waals surface area contributed by atoms with Gasteiger partial charge >= 0.3 is 0 Å². The Morgan fingerprint density at radius 1 is 1.24 bits per heavy atom. The van der Waals surface area contributed by atoms with Gasteiger partial charge in [0, 0.05) is 15.5 Å². The molecule has 2 rings (SSSR count). The molecule has 0 spiro atoms. The molecule has 0 bridgehead atoms. The van der Waals surface area contributed by atoms with Crippen molar-refractivity contribution in [3.05, 3.63) is 45.0 Å². The van der Waals surface area contributed by atoms with Crippen LogP contribution in [-0.2, 0) is 5.41 Å². The third kappa shape index (κ3) is 3.71. The molecule has 0 fully saturated rings. The van der Waals surface area contributed by atoms with Crippen LogP contribution in [0.1, 0.15) is 32.2 Å². The molecular formula is C15H16BrClFN3. The van der Waals surface area contributed by atoms with E-state index in [1.165, 1.54) is 12.1 Å². The predicted molar refractivity (Wildman–Crippen MR) is 87.9 cm³/mol. The van der Waals surface area contributed by atoms with Crippen molar-refractivity contribution in [1.82, 2.24) is 9.97 Å². The van der Waals surface area contributed by atoms with Crippen LogP contribution in [-0.4, -0.2) is 9.97 Å². The Hall–Kier alpha value is -1.20. The second-order valence-corrected chi connectivity index (χ2v) is 7.02. The van der Waals surface area contributed by atoms with Crippen molar-refractivity contribution in [2.75, 3.05) is 5.32 Å². The maximum absolute atomic E-state index is 13.1. The van der Waals surface area contributed by atoms with Gasteiger partial charge in [0.05, 0.1) is 5.69 Å². The molecule has 0 saturated carbocycles. The minimum absolute atomic E-state index is 0.214. The van der Waals surface area contributed by atoms with Gasteiger partial charge in [-0.15, -0.1) is 0 Å². The van der Waals surface area contributed by atoms with E-state index in [-0.39, 0.29) is 11.2 Å². The summed E-state index contributed by atoms with van der Waals surface area (Å²) in [6.07, 6.45) is 0. The van der Waals surface area contributed by atoms with Crippen molar-refractivity contribution in [1.29, 1.82) is 0 Å². The van der Waals surface area contributed by atoms with E-state index >= 15 is 0 Å². The Labute approximate surface area is 137 Å². The lowest BCUT2D eigenvalue weighted by molar-refractivity contribution is 0.545. The van der Waals surface area contributed by atoms with Crippen LogP contribution >= 0.6 is 27.5 Å². The van der Waals surface area contributed by atoms with Crippen LogP contribution in [0, 0.1) is 12.7 Å². The molecule has 1 heterocycles. The zero-order chi connectivity index (χ0) is 15.8. The highest BCUT2D eigenvalue weighted by molar-refractivity contribution is 9.10. The number of nitrogens with one attached hydrogen (secondary N) is 1. The van der Waals surface area contributed by atoms with Crippen molar-refractivity contribution in [3.8, 4) is 0 Å². The molecule has 0 saturated heterocycles. The van der Waals surface area contributed by atoms with Gasteiger partial charge in [0.15, 0.2) is 0 Å². The van der Waals surface area contributed by atoms with E-state index in [0.717, 1.165) is 5.56 Å². The standard InChI is InChI=1S/C15H16BrClFN3/c1-8-12(17)20-14(15(2,3)4)21-13(8)19-11-6-5-9(18)7-10(11)16/h5-7H,1-4H3,(H,19,20,21). The van der Waals surface area contributed by atoms with Crippen molar-refractivity contribution >= 4 is 39.0 Å². The summed E-state index contributed by atoms with van der Waals surface area (Å²) in [5, 5.41) is 3.58. The molecule has 0 aliphatic heterocycles. The minimum atomic E-state index is -0.305. The molecule has 0 aliphatic rings. The smallest absolute Gasteiger partial charge is 0.138 e. The third-order valence-corrected chi connectivity index (χ3v) is 3.97. The highest BCUT2D eigenvalue weighted by Gasteiger charge is 2.21. The number of halogens is 3. The van der Waals surface area contributed by atoms with Gasteiger partial charge in [0.1, 0.15) is 22.6 Å². The first kappa shape index (κ1) is 16.2. The molecule has 3 nitrogen and oxygen atoms in total. The first-order valence-electron chi connectivity index (χ1n) is 6.45. The normalized spacial score (nSPS) is 11.6. The zero-order valence-corrected chi connectivity index (χ0v) is 14.6. The summed E-state index contributed by atoms with van der Waals surface area (Å²) in [5.74, 6) is 0.964. The van der Waals surface area contributed by atoms with Crippen LogP contribution in [0.3, 0.4) is 0 Å². The Morgan fingerprint density at radius 2 is 1.90 bits per heavy atom. The number of rotatable bonds is 2. The summed E-state index contributed by atoms with van der Waals surface area (Å²) >= 11 is 9.52. The van der Waals surface area contributed by atoms with Crippen LogP contribution < -0.4 is 5.32 Å². The van der Waals surface area contributed by atoms with Gasteiger partial charge in [0.2, 0.25) is 0 Å². The SMILES string of the molecule is Cc1c(Cl)nc(C(C)(C)C)nc1Nc1ccc(F)cc1Br. The van der Waals surface area contributed by atoms with Gasteiger partial charge in [-0.05, 0) is 41.1 Å². The number of hydrogen-bond donors (Lipinski definition) is 1. The largest absolute Gasteiger partial charge is 0.339 e. The molecule has 21 heavy (non-hydrogen) atoms. The third-order valence-electron chi connectivity index (χ3n) is 2.94. The molecule has 112 valence electrons. The minimum Gasteiger partial charge on any atom is -0.339 e. The maximum Gasteiger partial charge on any atom is 0.138 e. The van der Waals surface area contributed by atoms with Crippen LogP contribution in [0.5, 0.6) is 0 Å². The summed E-state index contributed by atoms with van der Waals surface area (Å²) in [7, 11) is 0. The molecule has 0 radical (unpaired) electrons. The second kappa shape index (κ2) is 5.89. The predicted octanol–water partition coefficient (Wildman–Crippen LogP) is 5.38. The fraction of sp³-hybridized carbons (Fsp3) is 0.333. The molecule has 0 aliphatic carbocycles. The summed E-state index contributed by atoms with van der Waals surface area (Å²) in [6, 6.07) is 4.42. The molecule has 1 aromatic carbocycles. The first-order chi connectivity index (χ1) is 9.68. The molecular weight excluding hydrogens is 357 g/mol. The van der Waals surface area contributed by atoms with Gasteiger partial charge < -0.3 is 5.32 Å². The molecule has 0 amide bonds. The molecule has 0 atom stereocenters. The number of hydrogen-bond acceptors (Lipinski definition) is 3. The van der Waals surface area contributed by atoms with Gasteiger partial charge in [-0.2, -0.15) is 0 Å². The Kier molecular flexibility index (Phi) is 4.54. The van der Waals surface area contributed by atoms with Crippen molar-refractivity contribution in [2.24, 2.45) is 0 Å². The Balaban J connectivity index is 2.46. The monoisotopic (exact) mass is 371 g/mol. The average molecular weight is 373 g/mol. The summed E-state index contributed by atoms with van der Waals surface area (Å²) in [5.41, 5.74) is 1.25. The van der Waals surface area contributed by atoms with E-state index in [9.17, 15) is 4.39 Å². The highest BCUT2D eigenvalue weighted by Crippen LogP contribution is 2.31. The fourth-order valence-electron chi connectivity index (χ4n) is 1.66. The number of aromatic nitrogens is 2. The van der Waals surface area contributed by atoms with E-state index in [4.69, 9.17) is 11.6 Å².